The summed E-state index contributed by atoms with van der Waals surface area (Å²) in [6.45, 7) is 0. The molecule has 0 aromatic carbocycles. The van der Waals surface area contributed by atoms with Gasteiger partial charge >= 0.3 is 0 Å². The standard InChI is InChI=1S/C14H18BrNO2/c15-12-6-10(8-16-9-12)7-13(17)14(18)11-4-2-1-3-5-11/h6,8-9,11,14,18H,1-5,7H2. The van der Waals surface area contributed by atoms with Crippen molar-refractivity contribution in [2.24, 2.45) is 5.92 Å². The first-order valence-electron chi connectivity index (χ1n) is 6.47. The summed E-state index contributed by atoms with van der Waals surface area (Å²) < 4.78 is 0.861. The predicted octanol–water partition coefficient (Wildman–Crippen LogP) is 2.90. The molecule has 1 aromatic heterocycles. The molecule has 1 fully saturated rings. The van der Waals surface area contributed by atoms with Crippen LogP contribution in [-0.2, 0) is 11.2 Å². The Hall–Kier alpha value is -0.740. The number of pyridine rings is 1. The van der Waals surface area contributed by atoms with Crippen molar-refractivity contribution in [3.63, 3.8) is 0 Å². The van der Waals surface area contributed by atoms with Gasteiger partial charge in [-0.25, -0.2) is 0 Å². The van der Waals surface area contributed by atoms with Crippen molar-refractivity contribution in [2.45, 2.75) is 44.6 Å². The first kappa shape index (κ1) is 13.7. The number of hydrogen-bond donors (Lipinski definition) is 1. The Balaban J connectivity index is 1.94. The van der Waals surface area contributed by atoms with Crippen LogP contribution in [0.3, 0.4) is 0 Å². The number of carbonyl (C=O) groups is 1. The summed E-state index contributed by atoms with van der Waals surface area (Å²) in [4.78, 5) is 16.1. The van der Waals surface area contributed by atoms with E-state index in [2.05, 4.69) is 20.9 Å². The molecule has 18 heavy (non-hydrogen) atoms. The highest BCUT2D eigenvalue weighted by atomic mass is 79.9. The van der Waals surface area contributed by atoms with E-state index in [1.165, 1.54) is 6.42 Å². The first-order valence-corrected chi connectivity index (χ1v) is 7.26. The maximum absolute atomic E-state index is 12.0. The lowest BCUT2D eigenvalue weighted by Crippen LogP contribution is -2.32. The van der Waals surface area contributed by atoms with E-state index in [9.17, 15) is 9.90 Å². The molecule has 1 heterocycles. The first-order chi connectivity index (χ1) is 8.66. The van der Waals surface area contributed by atoms with Gasteiger partial charge < -0.3 is 5.11 Å². The smallest absolute Gasteiger partial charge is 0.165 e. The number of carbonyl (C=O) groups excluding carboxylic acids is 1. The Labute approximate surface area is 116 Å². The van der Waals surface area contributed by atoms with Crippen molar-refractivity contribution in [1.82, 2.24) is 4.98 Å². The minimum absolute atomic E-state index is 0.0817. The summed E-state index contributed by atoms with van der Waals surface area (Å²) >= 11 is 3.33. The lowest BCUT2D eigenvalue weighted by Gasteiger charge is -2.25. The Kier molecular flexibility index (Phi) is 4.89. The van der Waals surface area contributed by atoms with Crippen LogP contribution in [0.4, 0.5) is 0 Å². The molecule has 0 spiro atoms. The third kappa shape index (κ3) is 3.62. The summed E-state index contributed by atoms with van der Waals surface area (Å²) in [5, 5.41) is 10.1. The van der Waals surface area contributed by atoms with Gasteiger partial charge in [0.25, 0.3) is 0 Å². The predicted molar refractivity (Wildman–Crippen MR) is 73.2 cm³/mol. The molecule has 1 aliphatic carbocycles. The number of nitrogens with zero attached hydrogens (tertiary/aromatic N) is 1. The maximum Gasteiger partial charge on any atom is 0.165 e. The van der Waals surface area contributed by atoms with Gasteiger partial charge in [0.15, 0.2) is 5.78 Å². The maximum atomic E-state index is 12.0. The van der Waals surface area contributed by atoms with E-state index in [0.29, 0.717) is 0 Å². The largest absolute Gasteiger partial charge is 0.385 e. The lowest BCUT2D eigenvalue weighted by atomic mass is 9.83. The highest BCUT2D eigenvalue weighted by Gasteiger charge is 2.27. The number of Topliss-reactive ketones (excluding diaryl/α,β-unsaturated/α-hetero) is 1. The molecule has 3 nitrogen and oxygen atoms in total. The minimum Gasteiger partial charge on any atom is -0.385 e. The van der Waals surface area contributed by atoms with Crippen LogP contribution < -0.4 is 0 Å². The Morgan fingerprint density at radius 1 is 1.39 bits per heavy atom. The molecule has 0 amide bonds. The van der Waals surface area contributed by atoms with Crippen LogP contribution in [0, 0.1) is 5.92 Å². The number of ketones is 1. The van der Waals surface area contributed by atoms with Gasteiger partial charge in [0, 0.05) is 23.3 Å². The zero-order chi connectivity index (χ0) is 13.0. The molecule has 1 saturated carbocycles. The van der Waals surface area contributed by atoms with Gasteiger partial charge in [-0.3, -0.25) is 9.78 Å². The summed E-state index contributed by atoms with van der Waals surface area (Å²) in [5.41, 5.74) is 0.851. The summed E-state index contributed by atoms with van der Waals surface area (Å²) in [7, 11) is 0. The molecule has 1 aromatic rings. The van der Waals surface area contributed by atoms with Crippen LogP contribution in [0.1, 0.15) is 37.7 Å². The van der Waals surface area contributed by atoms with Crippen molar-refractivity contribution < 1.29 is 9.90 Å². The van der Waals surface area contributed by atoms with E-state index in [0.717, 1.165) is 35.7 Å². The monoisotopic (exact) mass is 311 g/mol. The van der Waals surface area contributed by atoms with E-state index in [1.54, 1.807) is 12.4 Å². The fraction of sp³-hybridized carbons (Fsp3) is 0.571. The normalized spacial score (nSPS) is 18.6. The molecular weight excluding hydrogens is 294 g/mol. The van der Waals surface area contributed by atoms with Crippen molar-refractivity contribution in [3.8, 4) is 0 Å². The Morgan fingerprint density at radius 3 is 2.78 bits per heavy atom. The third-order valence-corrected chi connectivity index (χ3v) is 4.00. The SMILES string of the molecule is O=C(Cc1cncc(Br)c1)C(O)C1CCCCC1. The average molecular weight is 312 g/mol. The number of aliphatic hydroxyl groups excluding tert-OH is 1. The van der Waals surface area contributed by atoms with Crippen LogP contribution in [0.15, 0.2) is 22.9 Å². The molecule has 1 atom stereocenters. The highest BCUT2D eigenvalue weighted by Crippen LogP contribution is 2.27. The highest BCUT2D eigenvalue weighted by molar-refractivity contribution is 9.10. The molecule has 0 saturated heterocycles. The Bertz CT molecular complexity index is 416. The van der Waals surface area contributed by atoms with Crippen molar-refractivity contribution in [2.75, 3.05) is 0 Å². The molecule has 2 rings (SSSR count). The van der Waals surface area contributed by atoms with Gasteiger partial charge in [-0.15, -0.1) is 0 Å². The fourth-order valence-corrected chi connectivity index (χ4v) is 2.98. The summed E-state index contributed by atoms with van der Waals surface area (Å²) in [5.74, 6) is 0.0770. The van der Waals surface area contributed by atoms with E-state index >= 15 is 0 Å². The second kappa shape index (κ2) is 6.43. The molecule has 0 radical (unpaired) electrons. The third-order valence-electron chi connectivity index (χ3n) is 3.57. The summed E-state index contributed by atoms with van der Waals surface area (Å²) in [6, 6.07) is 1.87. The molecule has 0 aliphatic heterocycles. The van der Waals surface area contributed by atoms with Crippen molar-refractivity contribution in [1.29, 1.82) is 0 Å². The van der Waals surface area contributed by atoms with Gasteiger partial charge in [0.2, 0.25) is 0 Å². The van der Waals surface area contributed by atoms with E-state index in [1.807, 2.05) is 6.07 Å². The van der Waals surface area contributed by atoms with Crippen LogP contribution in [0.5, 0.6) is 0 Å². The molecule has 1 unspecified atom stereocenters. The van der Waals surface area contributed by atoms with Crippen molar-refractivity contribution >= 4 is 21.7 Å². The number of halogens is 1. The average Bonchev–Trinajstić information content (AvgIpc) is 2.39. The number of rotatable bonds is 4. The molecule has 0 bridgehead atoms. The number of hydrogen-bond acceptors (Lipinski definition) is 3. The van der Waals surface area contributed by atoms with Crippen LogP contribution in [0.2, 0.25) is 0 Å². The number of aliphatic hydroxyl groups is 1. The van der Waals surface area contributed by atoms with Gasteiger partial charge in [0.05, 0.1) is 0 Å². The molecule has 1 N–H and O–H groups in total. The minimum atomic E-state index is -0.802. The van der Waals surface area contributed by atoms with Gasteiger partial charge in [-0.2, -0.15) is 0 Å². The van der Waals surface area contributed by atoms with E-state index in [4.69, 9.17) is 0 Å². The van der Waals surface area contributed by atoms with Gasteiger partial charge in [-0.1, -0.05) is 19.3 Å². The van der Waals surface area contributed by atoms with Crippen LogP contribution in [0.25, 0.3) is 0 Å². The van der Waals surface area contributed by atoms with Crippen molar-refractivity contribution in [3.05, 3.63) is 28.5 Å². The van der Waals surface area contributed by atoms with Crippen LogP contribution >= 0.6 is 15.9 Å². The second-order valence-electron chi connectivity index (χ2n) is 5.00. The lowest BCUT2D eigenvalue weighted by molar-refractivity contribution is -0.129. The fourth-order valence-electron chi connectivity index (χ4n) is 2.57. The molecule has 4 heteroatoms. The Morgan fingerprint density at radius 2 is 2.11 bits per heavy atom. The topological polar surface area (TPSA) is 50.2 Å². The second-order valence-corrected chi connectivity index (χ2v) is 5.91. The van der Waals surface area contributed by atoms with E-state index < -0.39 is 6.10 Å². The van der Waals surface area contributed by atoms with Gasteiger partial charge in [0.1, 0.15) is 6.10 Å². The zero-order valence-electron chi connectivity index (χ0n) is 10.3. The summed E-state index contributed by atoms with van der Waals surface area (Å²) in [6.07, 6.45) is 8.27. The quantitative estimate of drug-likeness (QED) is 0.930. The van der Waals surface area contributed by atoms with Crippen LogP contribution in [-0.4, -0.2) is 22.0 Å². The molecule has 1 aliphatic rings. The number of aromatic nitrogens is 1. The van der Waals surface area contributed by atoms with E-state index in [-0.39, 0.29) is 18.1 Å². The zero-order valence-corrected chi connectivity index (χ0v) is 11.9. The molecule has 98 valence electrons. The van der Waals surface area contributed by atoms with Gasteiger partial charge in [-0.05, 0) is 46.3 Å². The molecular formula is C14H18BrNO2.